The highest BCUT2D eigenvalue weighted by atomic mass is 32.1. The third-order valence-electron chi connectivity index (χ3n) is 10.5. The van der Waals surface area contributed by atoms with E-state index in [9.17, 15) is 0 Å². The summed E-state index contributed by atoms with van der Waals surface area (Å²) in [5.74, 6) is 0.726. The van der Waals surface area contributed by atoms with E-state index in [2.05, 4.69) is 166 Å². The SMILES string of the molecule is CC1(C)c2ccccc2-c2cc(-c3ccc(-c4cc(-c5cccc6c5sc5ccccc56)nc(-c5ccccc5)n4)c4ccccc34)ccc21. The van der Waals surface area contributed by atoms with E-state index in [0.717, 1.165) is 33.9 Å². The van der Waals surface area contributed by atoms with Crippen molar-refractivity contribution in [3.8, 4) is 56.2 Å². The summed E-state index contributed by atoms with van der Waals surface area (Å²) in [7, 11) is 0. The summed E-state index contributed by atoms with van der Waals surface area (Å²) in [6, 6.07) is 56.9. The molecule has 0 saturated carbocycles. The van der Waals surface area contributed by atoms with Crippen molar-refractivity contribution < 1.29 is 0 Å². The van der Waals surface area contributed by atoms with Crippen molar-refractivity contribution in [1.82, 2.24) is 9.97 Å². The lowest BCUT2D eigenvalue weighted by Crippen LogP contribution is -2.14. The number of thiophene rings is 1. The standard InChI is InChI=1S/C47H32N2S/c1-47(2)40-21-10-8-17-34(40)39-27-30(23-26-41(39)47)31-24-25-35(33-16-7-6-15-32(31)33)42-28-43(49-46(48-42)29-13-4-3-5-14-29)38-20-12-19-37-36-18-9-11-22-44(36)50-45(37)38/h3-28H,1-2H3. The number of benzene rings is 7. The normalized spacial score (nSPS) is 13.2. The minimum absolute atomic E-state index is 0.0161. The minimum atomic E-state index is -0.0161. The molecule has 0 spiro atoms. The summed E-state index contributed by atoms with van der Waals surface area (Å²) in [6.07, 6.45) is 0. The summed E-state index contributed by atoms with van der Waals surface area (Å²) in [5.41, 5.74) is 13.0. The van der Waals surface area contributed by atoms with Gasteiger partial charge in [0.25, 0.3) is 0 Å². The first-order chi connectivity index (χ1) is 24.5. The van der Waals surface area contributed by atoms with Gasteiger partial charge in [0, 0.05) is 42.3 Å². The Labute approximate surface area is 295 Å². The lowest BCUT2D eigenvalue weighted by Gasteiger charge is -2.21. The Morgan fingerprint density at radius 2 is 1.04 bits per heavy atom. The van der Waals surface area contributed by atoms with Crippen LogP contribution >= 0.6 is 11.3 Å². The molecular weight excluding hydrogens is 625 g/mol. The molecule has 50 heavy (non-hydrogen) atoms. The van der Waals surface area contributed by atoms with E-state index in [1.165, 1.54) is 64.3 Å². The van der Waals surface area contributed by atoms with Crippen LogP contribution in [-0.2, 0) is 5.41 Å². The highest BCUT2D eigenvalue weighted by molar-refractivity contribution is 7.26. The number of nitrogens with zero attached hydrogens (tertiary/aromatic N) is 2. The lowest BCUT2D eigenvalue weighted by molar-refractivity contribution is 0.660. The molecule has 2 aromatic heterocycles. The van der Waals surface area contributed by atoms with Gasteiger partial charge in [-0.1, -0.05) is 153 Å². The molecular formula is C47H32N2S. The minimum Gasteiger partial charge on any atom is -0.228 e. The third kappa shape index (κ3) is 4.40. The molecule has 0 N–H and O–H groups in total. The first-order valence-corrected chi connectivity index (χ1v) is 18.0. The highest BCUT2D eigenvalue weighted by Gasteiger charge is 2.35. The van der Waals surface area contributed by atoms with Crippen molar-refractivity contribution in [2.24, 2.45) is 0 Å². The van der Waals surface area contributed by atoms with E-state index in [0.29, 0.717) is 0 Å². The molecule has 3 heteroatoms. The molecule has 0 aliphatic heterocycles. The Hall–Kier alpha value is -5.90. The number of aromatic nitrogens is 2. The molecule has 0 amide bonds. The van der Waals surface area contributed by atoms with Crippen LogP contribution < -0.4 is 0 Å². The number of rotatable bonds is 4. The molecule has 1 aliphatic rings. The molecule has 0 fully saturated rings. The van der Waals surface area contributed by atoms with Crippen molar-refractivity contribution in [3.05, 3.63) is 169 Å². The van der Waals surface area contributed by atoms with Gasteiger partial charge in [-0.3, -0.25) is 0 Å². The summed E-state index contributed by atoms with van der Waals surface area (Å²) in [4.78, 5) is 10.5. The number of fused-ring (bicyclic) bond motifs is 7. The average Bonchev–Trinajstić information content (AvgIpc) is 3.66. The van der Waals surface area contributed by atoms with Crippen LogP contribution in [0.5, 0.6) is 0 Å². The molecule has 0 unspecified atom stereocenters. The molecule has 2 nitrogen and oxygen atoms in total. The fourth-order valence-corrected chi connectivity index (χ4v) is 9.28. The maximum atomic E-state index is 5.26. The van der Waals surface area contributed by atoms with Crippen LogP contribution in [0.1, 0.15) is 25.0 Å². The second kappa shape index (κ2) is 11.1. The predicted octanol–water partition coefficient (Wildman–Crippen LogP) is 13.0. The summed E-state index contributed by atoms with van der Waals surface area (Å²) in [5, 5.41) is 4.94. The summed E-state index contributed by atoms with van der Waals surface area (Å²) >= 11 is 1.83. The van der Waals surface area contributed by atoms with Crippen molar-refractivity contribution in [2.45, 2.75) is 19.3 Å². The van der Waals surface area contributed by atoms with E-state index in [1.54, 1.807) is 0 Å². The molecule has 0 bridgehead atoms. The molecule has 0 radical (unpaired) electrons. The van der Waals surface area contributed by atoms with Crippen LogP contribution in [0, 0.1) is 0 Å². The van der Waals surface area contributed by atoms with Gasteiger partial charge in [-0.05, 0) is 62.4 Å². The zero-order valence-electron chi connectivity index (χ0n) is 27.8. The predicted molar refractivity (Wildman–Crippen MR) is 212 cm³/mol. The van der Waals surface area contributed by atoms with Gasteiger partial charge in [-0.15, -0.1) is 11.3 Å². The van der Waals surface area contributed by atoms with E-state index in [4.69, 9.17) is 9.97 Å². The zero-order chi connectivity index (χ0) is 33.4. The van der Waals surface area contributed by atoms with Gasteiger partial charge >= 0.3 is 0 Å². The number of hydrogen-bond donors (Lipinski definition) is 0. The smallest absolute Gasteiger partial charge is 0.160 e. The zero-order valence-corrected chi connectivity index (χ0v) is 28.6. The van der Waals surface area contributed by atoms with Crippen molar-refractivity contribution in [2.75, 3.05) is 0 Å². The molecule has 0 atom stereocenters. The highest BCUT2D eigenvalue weighted by Crippen LogP contribution is 2.50. The first kappa shape index (κ1) is 29.1. The molecule has 236 valence electrons. The third-order valence-corrected chi connectivity index (χ3v) is 11.8. The van der Waals surface area contributed by atoms with Gasteiger partial charge in [0.1, 0.15) is 0 Å². The lowest BCUT2D eigenvalue weighted by atomic mass is 9.82. The van der Waals surface area contributed by atoms with Crippen LogP contribution in [0.15, 0.2) is 158 Å². The molecule has 1 aliphatic carbocycles. The van der Waals surface area contributed by atoms with E-state index in [-0.39, 0.29) is 5.41 Å². The Balaban J connectivity index is 1.17. The van der Waals surface area contributed by atoms with Gasteiger partial charge in [-0.2, -0.15) is 0 Å². The molecule has 9 aromatic rings. The van der Waals surface area contributed by atoms with Crippen molar-refractivity contribution in [1.29, 1.82) is 0 Å². The van der Waals surface area contributed by atoms with Crippen LogP contribution in [0.4, 0.5) is 0 Å². The Kier molecular flexibility index (Phi) is 6.43. The molecule has 2 heterocycles. The Bertz CT molecular complexity index is 2790. The first-order valence-electron chi connectivity index (χ1n) is 17.2. The monoisotopic (exact) mass is 656 g/mol. The second-order valence-electron chi connectivity index (χ2n) is 13.7. The van der Waals surface area contributed by atoms with E-state index >= 15 is 0 Å². The molecule has 7 aromatic carbocycles. The number of hydrogen-bond acceptors (Lipinski definition) is 3. The van der Waals surface area contributed by atoms with Crippen molar-refractivity contribution >= 4 is 42.3 Å². The van der Waals surface area contributed by atoms with Gasteiger partial charge in [0.15, 0.2) is 5.82 Å². The quantitative estimate of drug-likeness (QED) is 0.188. The fourth-order valence-electron chi connectivity index (χ4n) is 8.05. The van der Waals surface area contributed by atoms with Crippen LogP contribution in [0.25, 0.3) is 87.1 Å². The maximum absolute atomic E-state index is 5.26. The van der Waals surface area contributed by atoms with Gasteiger partial charge in [0.2, 0.25) is 0 Å². The molecule has 10 rings (SSSR count). The van der Waals surface area contributed by atoms with Gasteiger partial charge < -0.3 is 0 Å². The fraction of sp³-hybridized carbons (Fsp3) is 0.0638. The van der Waals surface area contributed by atoms with Crippen LogP contribution in [0.2, 0.25) is 0 Å². The molecule has 0 saturated heterocycles. The van der Waals surface area contributed by atoms with E-state index < -0.39 is 0 Å². The van der Waals surface area contributed by atoms with Crippen LogP contribution in [0.3, 0.4) is 0 Å². The Morgan fingerprint density at radius 3 is 1.88 bits per heavy atom. The Morgan fingerprint density at radius 1 is 0.420 bits per heavy atom. The van der Waals surface area contributed by atoms with Gasteiger partial charge in [-0.25, -0.2) is 9.97 Å². The summed E-state index contributed by atoms with van der Waals surface area (Å²) < 4.78 is 2.53. The van der Waals surface area contributed by atoms with Crippen LogP contribution in [-0.4, -0.2) is 9.97 Å². The van der Waals surface area contributed by atoms with Gasteiger partial charge in [0.05, 0.1) is 11.4 Å². The second-order valence-corrected chi connectivity index (χ2v) is 14.8. The average molecular weight is 657 g/mol. The van der Waals surface area contributed by atoms with E-state index in [1.807, 2.05) is 17.4 Å². The summed E-state index contributed by atoms with van der Waals surface area (Å²) in [6.45, 7) is 4.67. The maximum Gasteiger partial charge on any atom is 0.160 e. The topological polar surface area (TPSA) is 25.8 Å². The largest absolute Gasteiger partial charge is 0.228 e. The van der Waals surface area contributed by atoms with Crippen molar-refractivity contribution in [3.63, 3.8) is 0 Å².